The van der Waals surface area contributed by atoms with Crippen LogP contribution >= 0.6 is 11.3 Å². The summed E-state index contributed by atoms with van der Waals surface area (Å²) < 4.78 is 6.04. The number of nitro groups is 1. The summed E-state index contributed by atoms with van der Waals surface area (Å²) in [5.74, 6) is -2.48. The van der Waals surface area contributed by atoms with Gasteiger partial charge in [0.15, 0.2) is 18.3 Å². The summed E-state index contributed by atoms with van der Waals surface area (Å²) in [6, 6.07) is 1.85. The predicted molar refractivity (Wildman–Crippen MR) is 89.5 cm³/mol. The van der Waals surface area contributed by atoms with E-state index in [1.54, 1.807) is 12.3 Å². The van der Waals surface area contributed by atoms with E-state index in [1.807, 2.05) is 6.07 Å². The van der Waals surface area contributed by atoms with Crippen molar-refractivity contribution in [1.82, 2.24) is 14.8 Å². The minimum atomic E-state index is -1.10. The topological polar surface area (TPSA) is 141 Å². The van der Waals surface area contributed by atoms with Gasteiger partial charge in [-0.15, -0.1) is 11.3 Å². The van der Waals surface area contributed by atoms with Crippen molar-refractivity contribution in [1.29, 1.82) is 5.26 Å². The number of ketones is 1. The number of aryl methyl sites for hydroxylation is 2. The van der Waals surface area contributed by atoms with Gasteiger partial charge in [-0.2, -0.15) is 10.4 Å². The van der Waals surface area contributed by atoms with Gasteiger partial charge in [-0.25, -0.2) is 4.98 Å². The smallest absolute Gasteiger partial charge is 0.328 e. The van der Waals surface area contributed by atoms with Crippen LogP contribution in [0, 0.1) is 42.2 Å². The van der Waals surface area contributed by atoms with Crippen LogP contribution in [0.2, 0.25) is 0 Å². The highest BCUT2D eigenvalue weighted by molar-refractivity contribution is 7.09. The number of ether oxygens (including phenoxy) is 1. The van der Waals surface area contributed by atoms with Gasteiger partial charge in [0.2, 0.25) is 0 Å². The number of carbonyl (C=O) groups excluding carboxylic acids is 2. The van der Waals surface area contributed by atoms with Crippen LogP contribution in [0.5, 0.6) is 0 Å². The van der Waals surface area contributed by atoms with Crippen LogP contribution in [0.4, 0.5) is 5.69 Å². The van der Waals surface area contributed by atoms with E-state index in [-0.39, 0.29) is 23.6 Å². The number of nitriles is 1. The molecule has 0 unspecified atom stereocenters. The molecule has 0 aliphatic heterocycles. The fraction of sp³-hybridized carbons (Fsp3) is 0.400. The molecule has 0 amide bonds. The highest BCUT2D eigenvalue weighted by Gasteiger charge is 2.26. The number of hydrogen-bond donors (Lipinski definition) is 0. The molecule has 2 heterocycles. The van der Waals surface area contributed by atoms with Gasteiger partial charge in [-0.05, 0) is 20.8 Å². The maximum Gasteiger partial charge on any atom is 0.328 e. The molecule has 0 radical (unpaired) electrons. The lowest BCUT2D eigenvalue weighted by Crippen LogP contribution is -2.22. The number of nitrogens with zero attached hydrogens (tertiary/aromatic N) is 5. The molecule has 0 aliphatic carbocycles. The standard InChI is InChI=1S/C15H15N5O5S/c1-8-7-26-15(17-8)11(4-16)12(21)6-25-13(22)5-19-10(3)14(20(23)24)9(2)18-19/h7,11H,5-6H2,1-3H3/t11-/m1/s1. The van der Waals surface area contributed by atoms with Crippen LogP contribution in [0.3, 0.4) is 0 Å². The van der Waals surface area contributed by atoms with E-state index in [4.69, 9.17) is 10.00 Å². The van der Waals surface area contributed by atoms with E-state index in [0.29, 0.717) is 10.7 Å². The lowest BCUT2D eigenvalue weighted by molar-refractivity contribution is -0.386. The van der Waals surface area contributed by atoms with Crippen LogP contribution in [0.25, 0.3) is 0 Å². The second kappa shape index (κ2) is 7.83. The molecule has 0 saturated heterocycles. The summed E-state index contributed by atoms with van der Waals surface area (Å²) in [5, 5.41) is 26.1. The Morgan fingerprint density at radius 2 is 2.15 bits per heavy atom. The molecular weight excluding hydrogens is 362 g/mol. The minimum absolute atomic E-state index is 0.169. The van der Waals surface area contributed by atoms with Gasteiger partial charge in [0.25, 0.3) is 0 Å². The third kappa shape index (κ3) is 4.09. The Kier molecular flexibility index (Phi) is 5.78. The van der Waals surface area contributed by atoms with Crippen LogP contribution in [-0.2, 0) is 20.9 Å². The first-order chi connectivity index (χ1) is 12.2. The van der Waals surface area contributed by atoms with Gasteiger partial charge >= 0.3 is 11.7 Å². The van der Waals surface area contributed by atoms with E-state index in [9.17, 15) is 19.7 Å². The number of aromatic nitrogens is 3. The van der Waals surface area contributed by atoms with Gasteiger partial charge in [-0.1, -0.05) is 0 Å². The van der Waals surface area contributed by atoms with Gasteiger partial charge < -0.3 is 4.74 Å². The molecule has 0 saturated carbocycles. The number of Topliss-reactive ketones (excluding diaryl/α,β-unsaturated/α-hetero) is 1. The molecule has 1 atom stereocenters. The Morgan fingerprint density at radius 3 is 2.65 bits per heavy atom. The fourth-order valence-electron chi connectivity index (χ4n) is 2.28. The largest absolute Gasteiger partial charge is 0.456 e. The molecule has 0 bridgehead atoms. The number of carbonyl (C=O) groups is 2. The Hall–Kier alpha value is -3.13. The second-order valence-electron chi connectivity index (χ2n) is 5.45. The van der Waals surface area contributed by atoms with Crippen molar-refractivity contribution in [2.45, 2.75) is 33.2 Å². The maximum absolute atomic E-state index is 12.1. The Bertz CT molecular complexity index is 910. The molecule has 2 rings (SSSR count). The zero-order valence-corrected chi connectivity index (χ0v) is 15.1. The van der Waals surface area contributed by atoms with Crippen molar-refractivity contribution in [2.75, 3.05) is 6.61 Å². The summed E-state index contributed by atoms with van der Waals surface area (Å²) in [6.07, 6.45) is 0. The second-order valence-corrected chi connectivity index (χ2v) is 6.34. The molecule has 2 aromatic heterocycles. The highest BCUT2D eigenvalue weighted by atomic mass is 32.1. The highest BCUT2D eigenvalue weighted by Crippen LogP contribution is 2.22. The van der Waals surface area contributed by atoms with Crippen LogP contribution in [0.15, 0.2) is 5.38 Å². The first kappa shape index (κ1) is 19.2. The minimum Gasteiger partial charge on any atom is -0.456 e. The van der Waals surface area contributed by atoms with Crippen molar-refractivity contribution in [3.05, 3.63) is 37.6 Å². The molecule has 11 heteroatoms. The van der Waals surface area contributed by atoms with Crippen molar-refractivity contribution in [3.8, 4) is 6.07 Å². The summed E-state index contributed by atoms with van der Waals surface area (Å²) >= 11 is 1.18. The zero-order chi connectivity index (χ0) is 19.4. The molecule has 136 valence electrons. The third-order valence-corrected chi connectivity index (χ3v) is 4.54. The van der Waals surface area contributed by atoms with Crippen LogP contribution < -0.4 is 0 Å². The number of hydrogen-bond acceptors (Lipinski definition) is 9. The normalized spacial score (nSPS) is 11.6. The first-order valence-electron chi connectivity index (χ1n) is 7.43. The Morgan fingerprint density at radius 1 is 1.46 bits per heavy atom. The molecule has 0 fully saturated rings. The fourth-order valence-corrected chi connectivity index (χ4v) is 3.14. The molecule has 10 nitrogen and oxygen atoms in total. The lowest BCUT2D eigenvalue weighted by Gasteiger charge is -2.07. The summed E-state index contributed by atoms with van der Waals surface area (Å²) in [4.78, 5) is 38.5. The van der Waals surface area contributed by atoms with E-state index >= 15 is 0 Å². The third-order valence-electron chi connectivity index (χ3n) is 3.51. The average molecular weight is 377 g/mol. The van der Waals surface area contributed by atoms with Gasteiger partial charge in [0.1, 0.15) is 22.9 Å². The monoisotopic (exact) mass is 377 g/mol. The van der Waals surface area contributed by atoms with E-state index < -0.39 is 29.2 Å². The maximum atomic E-state index is 12.1. The summed E-state index contributed by atoms with van der Waals surface area (Å²) in [7, 11) is 0. The van der Waals surface area contributed by atoms with Crippen LogP contribution in [0.1, 0.15) is 28.0 Å². The molecular formula is C15H15N5O5S. The Balaban J connectivity index is 1.99. The molecule has 0 aliphatic rings. The lowest BCUT2D eigenvalue weighted by atomic mass is 10.1. The average Bonchev–Trinajstić information content (AvgIpc) is 3.09. The molecule has 0 spiro atoms. The molecule has 0 N–H and O–H groups in total. The van der Waals surface area contributed by atoms with Crippen molar-refractivity contribution >= 4 is 28.8 Å². The SMILES string of the molecule is Cc1csc([C@H](C#N)C(=O)COC(=O)Cn2nc(C)c([N+](=O)[O-])c2C)n1. The van der Waals surface area contributed by atoms with Gasteiger partial charge in [-0.3, -0.25) is 24.4 Å². The van der Waals surface area contributed by atoms with E-state index in [2.05, 4.69) is 10.1 Å². The predicted octanol–water partition coefficient (Wildman–Crippen LogP) is 1.59. The van der Waals surface area contributed by atoms with E-state index in [1.165, 1.54) is 25.2 Å². The van der Waals surface area contributed by atoms with E-state index in [0.717, 1.165) is 4.68 Å². The number of thiazole rings is 1. The number of esters is 1. The summed E-state index contributed by atoms with van der Waals surface area (Å²) in [6.45, 7) is 3.71. The van der Waals surface area contributed by atoms with Crippen molar-refractivity contribution < 1.29 is 19.2 Å². The molecule has 26 heavy (non-hydrogen) atoms. The summed E-state index contributed by atoms with van der Waals surface area (Å²) in [5.41, 5.74) is 0.919. The first-order valence-corrected chi connectivity index (χ1v) is 8.31. The zero-order valence-electron chi connectivity index (χ0n) is 14.3. The van der Waals surface area contributed by atoms with Gasteiger partial charge in [0.05, 0.1) is 11.0 Å². The van der Waals surface area contributed by atoms with Crippen molar-refractivity contribution in [2.24, 2.45) is 0 Å². The van der Waals surface area contributed by atoms with Crippen molar-refractivity contribution in [3.63, 3.8) is 0 Å². The van der Waals surface area contributed by atoms with Crippen LogP contribution in [-0.4, -0.2) is 38.0 Å². The van der Waals surface area contributed by atoms with Gasteiger partial charge in [0, 0.05) is 11.1 Å². The quantitative estimate of drug-likeness (QED) is 0.402. The Labute approximate surface area is 152 Å². The molecule has 2 aromatic rings. The number of rotatable bonds is 7. The molecule has 0 aromatic carbocycles.